The maximum Gasteiger partial charge on any atom is 0.573 e. The number of halogens is 4. The van der Waals surface area contributed by atoms with Crippen molar-refractivity contribution in [3.63, 3.8) is 0 Å². The molecule has 0 unspecified atom stereocenters. The van der Waals surface area contributed by atoms with Gasteiger partial charge in [-0.25, -0.2) is 4.39 Å². The minimum absolute atomic E-state index is 0.00527. The van der Waals surface area contributed by atoms with Gasteiger partial charge in [0.05, 0.1) is 18.5 Å². The fraction of sp³-hybridized carbons (Fsp3) is 0.238. The summed E-state index contributed by atoms with van der Waals surface area (Å²) in [5, 5.41) is 10.0. The van der Waals surface area contributed by atoms with E-state index in [-0.39, 0.29) is 29.5 Å². The second-order valence-corrected chi connectivity index (χ2v) is 6.58. The second-order valence-electron chi connectivity index (χ2n) is 6.58. The first-order chi connectivity index (χ1) is 14.5. The molecular weight excluding hydrogens is 422 g/mol. The number of ether oxygens (including phenoxy) is 2. The lowest BCUT2D eigenvalue weighted by Crippen LogP contribution is -2.17. The maximum absolute atomic E-state index is 14.0. The van der Waals surface area contributed by atoms with Crippen molar-refractivity contribution >= 4 is 22.8 Å². The third kappa shape index (κ3) is 4.62. The second kappa shape index (κ2) is 8.29. The summed E-state index contributed by atoms with van der Waals surface area (Å²) in [7, 11) is 0. The standard InChI is InChI=1S/C21H17F4NO5/c1-3-30-19(28)9-14-11(2)26(17-10-16(22)18(27)8-15(14)17)20(29)12-4-6-13(7-5-12)31-21(23,24)25/h4-8,10,27H,3,9H2,1-2H3. The van der Waals surface area contributed by atoms with Crippen LogP contribution in [0.2, 0.25) is 0 Å². The number of esters is 1. The smallest absolute Gasteiger partial charge is 0.505 e. The third-order valence-corrected chi connectivity index (χ3v) is 4.57. The number of aromatic hydroxyl groups is 1. The molecule has 0 saturated carbocycles. The highest BCUT2D eigenvalue weighted by Crippen LogP contribution is 2.32. The summed E-state index contributed by atoms with van der Waals surface area (Å²) < 4.78 is 60.9. The van der Waals surface area contributed by atoms with E-state index in [1.807, 2.05) is 0 Å². The molecule has 0 atom stereocenters. The van der Waals surface area contributed by atoms with Crippen LogP contribution in [0.15, 0.2) is 36.4 Å². The number of carbonyl (C=O) groups is 2. The maximum atomic E-state index is 14.0. The summed E-state index contributed by atoms with van der Waals surface area (Å²) in [6.07, 6.45) is -5.10. The molecule has 31 heavy (non-hydrogen) atoms. The molecule has 0 fully saturated rings. The molecule has 0 saturated heterocycles. The first-order valence-corrected chi connectivity index (χ1v) is 9.10. The molecule has 0 radical (unpaired) electrons. The average Bonchev–Trinajstić information content (AvgIpc) is 2.92. The van der Waals surface area contributed by atoms with E-state index >= 15 is 0 Å². The molecule has 6 nitrogen and oxygen atoms in total. The van der Waals surface area contributed by atoms with Crippen LogP contribution in [0.4, 0.5) is 17.6 Å². The van der Waals surface area contributed by atoms with Crippen molar-refractivity contribution in [1.82, 2.24) is 4.57 Å². The van der Waals surface area contributed by atoms with Crippen LogP contribution in [-0.4, -0.2) is 34.5 Å². The van der Waals surface area contributed by atoms with Crippen LogP contribution in [0.1, 0.15) is 28.5 Å². The van der Waals surface area contributed by atoms with E-state index in [0.29, 0.717) is 11.3 Å². The Kier molecular flexibility index (Phi) is 5.92. The van der Waals surface area contributed by atoms with Gasteiger partial charge in [-0.15, -0.1) is 13.2 Å². The molecule has 0 aliphatic rings. The van der Waals surface area contributed by atoms with Gasteiger partial charge in [0.1, 0.15) is 5.75 Å². The lowest BCUT2D eigenvalue weighted by molar-refractivity contribution is -0.274. The number of phenolic OH excluding ortho intramolecular Hbond substituents is 1. The summed E-state index contributed by atoms with van der Waals surface area (Å²) in [5.74, 6) is -3.38. The highest BCUT2D eigenvalue weighted by Gasteiger charge is 2.31. The number of hydrogen-bond donors (Lipinski definition) is 1. The van der Waals surface area contributed by atoms with Crippen LogP contribution in [0.25, 0.3) is 10.9 Å². The van der Waals surface area contributed by atoms with Crippen LogP contribution < -0.4 is 4.74 Å². The van der Waals surface area contributed by atoms with Gasteiger partial charge in [0.2, 0.25) is 0 Å². The van der Waals surface area contributed by atoms with E-state index in [0.717, 1.165) is 41.0 Å². The van der Waals surface area contributed by atoms with Gasteiger partial charge in [0.15, 0.2) is 11.6 Å². The molecule has 1 heterocycles. The molecule has 2 aromatic carbocycles. The number of carbonyl (C=O) groups excluding carboxylic acids is 2. The molecule has 0 bridgehead atoms. The number of phenols is 1. The summed E-state index contributed by atoms with van der Waals surface area (Å²) in [6, 6.07) is 6.29. The van der Waals surface area contributed by atoms with E-state index in [1.165, 1.54) is 6.92 Å². The molecular formula is C21H17F4NO5. The lowest BCUT2D eigenvalue weighted by atomic mass is 10.1. The number of aromatic nitrogens is 1. The van der Waals surface area contributed by atoms with Crippen LogP contribution in [-0.2, 0) is 16.0 Å². The Hall–Kier alpha value is -3.56. The lowest BCUT2D eigenvalue weighted by Gasteiger charge is -2.10. The first kappa shape index (κ1) is 22.1. The van der Waals surface area contributed by atoms with Crippen molar-refractivity contribution < 1.29 is 41.7 Å². The van der Waals surface area contributed by atoms with Crippen molar-refractivity contribution in [2.45, 2.75) is 26.6 Å². The zero-order chi connectivity index (χ0) is 22.9. The van der Waals surface area contributed by atoms with Crippen molar-refractivity contribution in [2.75, 3.05) is 6.61 Å². The molecule has 3 aromatic rings. The van der Waals surface area contributed by atoms with E-state index in [1.54, 1.807) is 6.92 Å². The van der Waals surface area contributed by atoms with E-state index in [4.69, 9.17) is 4.74 Å². The minimum atomic E-state index is -4.87. The largest absolute Gasteiger partial charge is 0.573 e. The van der Waals surface area contributed by atoms with Gasteiger partial charge >= 0.3 is 12.3 Å². The zero-order valence-corrected chi connectivity index (χ0v) is 16.4. The number of hydrogen-bond acceptors (Lipinski definition) is 5. The molecule has 1 aromatic heterocycles. The van der Waals surface area contributed by atoms with Gasteiger partial charge in [-0.05, 0) is 49.7 Å². The Balaban J connectivity index is 2.08. The zero-order valence-electron chi connectivity index (χ0n) is 16.4. The fourth-order valence-corrected chi connectivity index (χ4v) is 3.26. The molecule has 0 spiro atoms. The van der Waals surface area contributed by atoms with Crippen molar-refractivity contribution in [3.8, 4) is 11.5 Å². The summed E-state index contributed by atoms with van der Waals surface area (Å²) in [6.45, 7) is 3.30. The van der Waals surface area contributed by atoms with Gasteiger partial charge in [-0.1, -0.05) is 0 Å². The van der Waals surface area contributed by atoms with Crippen LogP contribution in [0.3, 0.4) is 0 Å². The molecule has 0 aliphatic carbocycles. The number of fused-ring (bicyclic) bond motifs is 1. The Labute approximate surface area is 173 Å². The highest BCUT2D eigenvalue weighted by molar-refractivity contribution is 6.05. The van der Waals surface area contributed by atoms with Gasteiger partial charge in [0.25, 0.3) is 5.91 Å². The summed E-state index contributed by atoms with van der Waals surface area (Å²) >= 11 is 0. The van der Waals surface area contributed by atoms with Crippen LogP contribution in [0.5, 0.6) is 11.5 Å². The predicted molar refractivity (Wildman–Crippen MR) is 101 cm³/mol. The average molecular weight is 439 g/mol. The summed E-state index contributed by atoms with van der Waals surface area (Å²) in [5.41, 5.74) is 0.751. The SMILES string of the molecule is CCOC(=O)Cc1c(C)n(C(=O)c2ccc(OC(F)(F)F)cc2)c2cc(F)c(O)cc12. The minimum Gasteiger partial charge on any atom is -0.505 e. The van der Waals surface area contributed by atoms with Gasteiger partial charge in [-0.2, -0.15) is 0 Å². The monoisotopic (exact) mass is 439 g/mol. The number of rotatable bonds is 5. The molecule has 0 amide bonds. The first-order valence-electron chi connectivity index (χ1n) is 9.10. The number of alkyl halides is 3. The van der Waals surface area contributed by atoms with Crippen molar-refractivity contribution in [1.29, 1.82) is 0 Å². The van der Waals surface area contributed by atoms with Crippen LogP contribution >= 0.6 is 0 Å². The van der Waals surface area contributed by atoms with Gasteiger partial charge in [-0.3, -0.25) is 14.2 Å². The Bertz CT molecular complexity index is 1150. The third-order valence-electron chi connectivity index (χ3n) is 4.57. The Morgan fingerprint density at radius 3 is 2.35 bits per heavy atom. The van der Waals surface area contributed by atoms with Crippen molar-refractivity contribution in [2.24, 2.45) is 0 Å². The normalized spacial score (nSPS) is 11.5. The van der Waals surface area contributed by atoms with Gasteiger partial charge in [0, 0.05) is 22.7 Å². The molecule has 0 aliphatic heterocycles. The van der Waals surface area contributed by atoms with E-state index < -0.39 is 35.6 Å². The molecule has 1 N–H and O–H groups in total. The van der Waals surface area contributed by atoms with Gasteiger partial charge < -0.3 is 14.6 Å². The Morgan fingerprint density at radius 2 is 1.77 bits per heavy atom. The van der Waals surface area contributed by atoms with Crippen molar-refractivity contribution in [3.05, 3.63) is 59.0 Å². The summed E-state index contributed by atoms with van der Waals surface area (Å²) in [4.78, 5) is 25.1. The van der Waals surface area contributed by atoms with Crippen LogP contribution in [0, 0.1) is 12.7 Å². The van der Waals surface area contributed by atoms with E-state index in [9.17, 15) is 32.3 Å². The fourth-order valence-electron chi connectivity index (χ4n) is 3.26. The quantitative estimate of drug-likeness (QED) is 0.468. The van der Waals surface area contributed by atoms with E-state index in [2.05, 4.69) is 4.74 Å². The number of nitrogens with zero attached hydrogens (tertiary/aromatic N) is 1. The Morgan fingerprint density at radius 1 is 1.13 bits per heavy atom. The molecule has 3 rings (SSSR count). The molecule has 10 heteroatoms. The topological polar surface area (TPSA) is 77.8 Å². The number of benzene rings is 2. The molecule has 164 valence electrons. The highest BCUT2D eigenvalue weighted by atomic mass is 19.4. The predicted octanol–water partition coefficient (Wildman–Crippen LogP) is 4.49.